The van der Waals surface area contributed by atoms with E-state index in [2.05, 4.69) is 10.00 Å². The maximum absolute atomic E-state index is 13.2. The third-order valence-corrected chi connectivity index (χ3v) is 9.78. The zero-order valence-corrected chi connectivity index (χ0v) is 19.9. The summed E-state index contributed by atoms with van der Waals surface area (Å²) in [5, 5.41) is 15.2. The third kappa shape index (κ3) is 4.93. The second-order valence-electron chi connectivity index (χ2n) is 9.45. The topological polar surface area (TPSA) is 67.6 Å². The summed E-state index contributed by atoms with van der Waals surface area (Å²) in [5.41, 5.74) is 0.362. The van der Waals surface area contributed by atoms with E-state index in [-0.39, 0.29) is 0 Å². The Labute approximate surface area is 197 Å². The number of likely N-dealkylation sites (tertiary alicyclic amines) is 1. The molecule has 1 N–H and O–H groups in total. The molecule has 3 aliphatic heterocycles. The van der Waals surface area contributed by atoms with Gasteiger partial charge in [-0.15, -0.1) is 11.3 Å². The Morgan fingerprint density at radius 3 is 2.64 bits per heavy atom. The van der Waals surface area contributed by atoms with Crippen molar-refractivity contribution < 1.29 is 27.2 Å². The number of halogens is 3. The van der Waals surface area contributed by atoms with Crippen molar-refractivity contribution in [3.8, 4) is 0 Å². The Bertz CT molecular complexity index is 1020. The number of rotatable bonds is 4. The van der Waals surface area contributed by atoms with E-state index in [0.717, 1.165) is 40.4 Å². The molecule has 0 aromatic carbocycles. The van der Waals surface area contributed by atoms with E-state index in [1.165, 1.54) is 6.07 Å². The molecule has 5 rings (SSSR count). The van der Waals surface area contributed by atoms with Crippen molar-refractivity contribution in [3.63, 3.8) is 0 Å². The molecule has 0 saturated carbocycles. The summed E-state index contributed by atoms with van der Waals surface area (Å²) < 4.78 is 59.2. The third-order valence-electron chi connectivity index (χ3n) is 7.06. The molecule has 2 saturated heterocycles. The average molecular weight is 504 g/mol. The van der Waals surface area contributed by atoms with Crippen LogP contribution in [0.25, 0.3) is 0 Å². The van der Waals surface area contributed by atoms with Gasteiger partial charge in [-0.1, -0.05) is 0 Å². The number of piperidine rings is 1. The molecule has 2 aromatic heterocycles. The lowest BCUT2D eigenvalue weighted by atomic mass is 9.85. The predicted octanol–water partition coefficient (Wildman–Crippen LogP) is 3.30. The summed E-state index contributed by atoms with van der Waals surface area (Å²) >= 11 is 0.848. The molecule has 0 radical (unpaired) electrons. The number of hydrogen-bond donors (Lipinski definition) is 1. The van der Waals surface area contributed by atoms with Crippen LogP contribution in [0.2, 0.25) is 0 Å². The first-order valence-corrected chi connectivity index (χ1v) is 13.6. The lowest BCUT2D eigenvalue weighted by molar-refractivity contribution is -0.134. The monoisotopic (exact) mass is 503 g/mol. The van der Waals surface area contributed by atoms with Crippen LogP contribution in [0.1, 0.15) is 46.6 Å². The standard InChI is InChI=1S/C22H28F3N3O3S2/c23-22(24,25)18-11-17-1-8-31-21(19(17)32-18)2-6-27(7-3-21)13-16-12-26-28(14-16)15-20(29)4-9-33(30)10-5-20/h11-12,14,29H,1-10,13,15H2. The van der Waals surface area contributed by atoms with Gasteiger partial charge in [-0.3, -0.25) is 13.8 Å². The lowest BCUT2D eigenvalue weighted by Crippen LogP contribution is -2.45. The highest BCUT2D eigenvalue weighted by atomic mass is 32.2. The maximum atomic E-state index is 13.2. The molecular weight excluding hydrogens is 475 g/mol. The number of aliphatic hydroxyl groups is 1. The second kappa shape index (κ2) is 8.75. The van der Waals surface area contributed by atoms with Gasteiger partial charge >= 0.3 is 6.18 Å². The number of hydrogen-bond acceptors (Lipinski definition) is 6. The van der Waals surface area contributed by atoms with Crippen LogP contribution in [0.3, 0.4) is 0 Å². The largest absolute Gasteiger partial charge is 0.425 e. The van der Waals surface area contributed by atoms with Crippen molar-refractivity contribution in [2.45, 2.75) is 62.6 Å². The van der Waals surface area contributed by atoms with Crippen LogP contribution in [0, 0.1) is 0 Å². The van der Waals surface area contributed by atoms with E-state index in [1.54, 1.807) is 10.9 Å². The van der Waals surface area contributed by atoms with Crippen molar-refractivity contribution in [2.24, 2.45) is 0 Å². The lowest BCUT2D eigenvalue weighted by Gasteiger charge is -2.43. The molecule has 6 nitrogen and oxygen atoms in total. The zero-order valence-electron chi connectivity index (χ0n) is 18.3. The van der Waals surface area contributed by atoms with E-state index >= 15 is 0 Å². The number of fused-ring (bicyclic) bond motifs is 2. The predicted molar refractivity (Wildman–Crippen MR) is 119 cm³/mol. The molecule has 2 aromatic rings. The molecule has 0 aliphatic carbocycles. The first-order valence-electron chi connectivity index (χ1n) is 11.3. The summed E-state index contributed by atoms with van der Waals surface area (Å²) in [6.07, 6.45) is 2.34. The summed E-state index contributed by atoms with van der Waals surface area (Å²) in [6.45, 7) is 3.02. The molecule has 0 amide bonds. The van der Waals surface area contributed by atoms with Crippen molar-refractivity contribution in [1.82, 2.24) is 14.7 Å². The van der Waals surface area contributed by atoms with Crippen LogP contribution in [0.15, 0.2) is 18.5 Å². The van der Waals surface area contributed by atoms with Gasteiger partial charge in [-0.2, -0.15) is 18.3 Å². The van der Waals surface area contributed by atoms with Gasteiger partial charge in [0.05, 0.1) is 24.9 Å². The highest BCUT2D eigenvalue weighted by Gasteiger charge is 2.45. The summed E-state index contributed by atoms with van der Waals surface area (Å²) in [4.78, 5) is 2.51. The summed E-state index contributed by atoms with van der Waals surface area (Å²) in [5.74, 6) is 1.05. The van der Waals surface area contributed by atoms with E-state index in [9.17, 15) is 22.5 Å². The van der Waals surface area contributed by atoms with E-state index in [4.69, 9.17) is 4.74 Å². The Kier molecular flexibility index (Phi) is 6.22. The molecule has 11 heteroatoms. The van der Waals surface area contributed by atoms with Gasteiger partial charge in [0.15, 0.2) is 0 Å². The molecular formula is C22H28F3N3O3S2. The fourth-order valence-corrected chi connectivity index (χ4v) is 7.83. The number of alkyl halides is 3. The molecule has 1 spiro atoms. The smallest absolute Gasteiger partial charge is 0.388 e. The van der Waals surface area contributed by atoms with Crippen molar-refractivity contribution >= 4 is 22.1 Å². The van der Waals surface area contributed by atoms with E-state index in [1.807, 2.05) is 6.20 Å². The van der Waals surface area contributed by atoms with Gasteiger partial charge in [-0.25, -0.2) is 0 Å². The van der Waals surface area contributed by atoms with Crippen LogP contribution in [-0.4, -0.2) is 60.8 Å². The normalized spacial score (nSPS) is 28.2. The highest BCUT2D eigenvalue weighted by Crippen LogP contribution is 2.48. The second-order valence-corrected chi connectivity index (χ2v) is 12.2. The van der Waals surface area contributed by atoms with Crippen LogP contribution in [-0.2, 0) is 46.8 Å². The Hall–Kier alpha value is -1.27. The molecule has 0 bridgehead atoms. The first-order chi connectivity index (χ1) is 15.6. The van der Waals surface area contributed by atoms with Crippen LogP contribution >= 0.6 is 11.3 Å². The molecule has 0 atom stereocenters. The fourth-order valence-electron chi connectivity index (χ4n) is 5.13. The van der Waals surface area contributed by atoms with Gasteiger partial charge in [-0.05, 0) is 43.7 Å². The van der Waals surface area contributed by atoms with Crippen molar-refractivity contribution in [1.29, 1.82) is 0 Å². The quantitative estimate of drug-likeness (QED) is 0.694. The molecule has 2 fully saturated rings. The minimum Gasteiger partial charge on any atom is -0.388 e. The first kappa shape index (κ1) is 23.5. The van der Waals surface area contributed by atoms with Crippen LogP contribution < -0.4 is 0 Å². The van der Waals surface area contributed by atoms with Gasteiger partial charge in [0.2, 0.25) is 0 Å². The fraction of sp³-hybridized carbons (Fsp3) is 0.682. The van der Waals surface area contributed by atoms with Gasteiger partial charge < -0.3 is 9.84 Å². The number of nitrogens with zero attached hydrogens (tertiary/aromatic N) is 3. The minimum absolute atomic E-state index is 0.393. The van der Waals surface area contributed by atoms with Crippen molar-refractivity contribution in [2.75, 3.05) is 31.2 Å². The van der Waals surface area contributed by atoms with Gasteiger partial charge in [0, 0.05) is 58.6 Å². The van der Waals surface area contributed by atoms with Gasteiger partial charge in [0.25, 0.3) is 0 Å². The zero-order chi connectivity index (χ0) is 23.3. The van der Waals surface area contributed by atoms with Crippen molar-refractivity contribution in [3.05, 3.63) is 39.3 Å². The SMILES string of the molecule is O=S1CCC(O)(Cn2cc(CN3CCC4(CC3)OCCc3cc(C(F)(F)F)sc34)cn2)CC1. The van der Waals surface area contributed by atoms with E-state index < -0.39 is 33.1 Å². The number of ether oxygens (including phenoxy) is 1. The number of aromatic nitrogens is 2. The number of thiophene rings is 1. The Morgan fingerprint density at radius 1 is 1.21 bits per heavy atom. The van der Waals surface area contributed by atoms with Gasteiger partial charge in [0.1, 0.15) is 10.5 Å². The molecule has 33 heavy (non-hydrogen) atoms. The van der Waals surface area contributed by atoms with Crippen LogP contribution in [0.4, 0.5) is 13.2 Å². The van der Waals surface area contributed by atoms with E-state index in [0.29, 0.717) is 63.3 Å². The summed E-state index contributed by atoms with van der Waals surface area (Å²) in [6, 6.07) is 1.31. The minimum atomic E-state index is -4.31. The molecule has 0 unspecified atom stereocenters. The summed E-state index contributed by atoms with van der Waals surface area (Å²) in [7, 11) is -0.828. The average Bonchev–Trinajstić information content (AvgIpc) is 3.40. The molecule has 3 aliphatic rings. The maximum Gasteiger partial charge on any atom is 0.425 e. The highest BCUT2D eigenvalue weighted by molar-refractivity contribution is 7.85. The Morgan fingerprint density at radius 2 is 1.94 bits per heavy atom. The molecule has 182 valence electrons. The van der Waals surface area contributed by atoms with Crippen LogP contribution in [0.5, 0.6) is 0 Å². The Balaban J connectivity index is 1.20. The molecule has 5 heterocycles.